The topological polar surface area (TPSA) is 131 Å². The Kier molecular flexibility index (Phi) is 12.3. The van der Waals surface area contributed by atoms with E-state index in [1.54, 1.807) is 23.1 Å². The summed E-state index contributed by atoms with van der Waals surface area (Å²) >= 11 is 3.22. The van der Waals surface area contributed by atoms with Gasteiger partial charge in [0.2, 0.25) is 5.91 Å². The lowest BCUT2D eigenvalue weighted by atomic mass is 9.97. The number of aryl methyl sites for hydroxylation is 1. The third-order valence-corrected chi connectivity index (χ3v) is 9.90. The van der Waals surface area contributed by atoms with Crippen molar-refractivity contribution in [3.63, 3.8) is 0 Å². The third-order valence-electron chi connectivity index (χ3n) is 7.80. The first-order valence-electron chi connectivity index (χ1n) is 15.5. The van der Waals surface area contributed by atoms with E-state index < -0.39 is 12.3 Å². The molecule has 0 bridgehead atoms. The van der Waals surface area contributed by atoms with Crippen LogP contribution in [0.5, 0.6) is 0 Å². The maximum absolute atomic E-state index is 12.4. The molecule has 1 aromatic heterocycles. The van der Waals surface area contributed by atoms with Gasteiger partial charge in [-0.15, -0.1) is 10.2 Å². The predicted molar refractivity (Wildman–Crippen MR) is 178 cm³/mol. The molecule has 2 heterocycles. The summed E-state index contributed by atoms with van der Waals surface area (Å²) in [4.78, 5) is 23.1. The highest BCUT2D eigenvalue weighted by atomic mass is 32.2. The molecule has 1 fully saturated rings. The Hall–Kier alpha value is -3.61. The molecule has 1 saturated heterocycles. The van der Waals surface area contributed by atoms with Crippen LogP contribution in [0.3, 0.4) is 0 Å². The van der Waals surface area contributed by atoms with Gasteiger partial charge in [-0.25, -0.2) is 0 Å². The summed E-state index contributed by atoms with van der Waals surface area (Å²) in [7, 11) is 0. The van der Waals surface area contributed by atoms with Gasteiger partial charge in [0.15, 0.2) is 10.6 Å². The summed E-state index contributed by atoms with van der Waals surface area (Å²) in [5, 5.41) is 30.6. The summed E-state index contributed by atoms with van der Waals surface area (Å²) in [5.74, 6) is -0.123. The number of nitrogens with one attached hydrogen (secondary N) is 1. The largest absolute Gasteiger partial charge is 0.481 e. The molecule has 0 spiro atoms. The third kappa shape index (κ3) is 9.70. The summed E-state index contributed by atoms with van der Waals surface area (Å²) in [6.45, 7) is 2.35. The minimum absolute atomic E-state index is 0.00387. The second-order valence-corrected chi connectivity index (χ2v) is 13.7. The number of aliphatic hydroxyl groups excluding tert-OH is 1. The van der Waals surface area contributed by atoms with Crippen LogP contribution in [0.25, 0.3) is 11.1 Å². The molecule has 4 aromatic rings. The predicted octanol–water partition coefficient (Wildman–Crippen LogP) is 6.99. The molecule has 3 aromatic carbocycles. The van der Waals surface area contributed by atoms with E-state index in [2.05, 4.69) is 27.6 Å². The molecule has 3 atom stereocenters. The second kappa shape index (κ2) is 16.8. The first-order chi connectivity index (χ1) is 22.4. The van der Waals surface area contributed by atoms with Gasteiger partial charge in [0.25, 0.3) is 0 Å². The maximum Gasteiger partial charge on any atom is 0.303 e. The number of aromatic nitrogens is 2. The molecule has 0 aliphatic carbocycles. The van der Waals surface area contributed by atoms with Crippen molar-refractivity contribution in [3.05, 3.63) is 100 Å². The highest BCUT2D eigenvalue weighted by Gasteiger charge is 2.32. The summed E-state index contributed by atoms with van der Waals surface area (Å²) < 4.78 is 13.9. The molecule has 0 saturated carbocycles. The standard InChI is InChI=1S/C35H39N3O6S2/c1-23-37-38-35(46-23)45-22-29-19-31(26-13-11-24(21-39)12-14-26)44-34(43-29)27-17-15-25(16-18-27)30-8-6-5-7-28(30)20-36-32(40)9-3-2-4-10-33(41)42/h5-8,11-18,29,31,34,39H,2-4,9-10,19-22H2,1H3,(H,36,40)(H,41,42)/t29-,31+,34+/m0/s1. The molecule has 1 amide bonds. The molecule has 1 aliphatic rings. The number of benzene rings is 3. The van der Waals surface area contributed by atoms with Crippen molar-refractivity contribution < 1.29 is 29.3 Å². The van der Waals surface area contributed by atoms with Crippen molar-refractivity contribution in [2.45, 2.75) is 81.4 Å². The van der Waals surface area contributed by atoms with E-state index in [0.717, 1.165) is 54.9 Å². The molecule has 0 unspecified atom stereocenters. The maximum atomic E-state index is 12.4. The van der Waals surface area contributed by atoms with Crippen molar-refractivity contribution in [2.24, 2.45) is 0 Å². The highest BCUT2D eigenvalue weighted by molar-refractivity contribution is 8.01. The van der Waals surface area contributed by atoms with Crippen molar-refractivity contribution in [1.29, 1.82) is 0 Å². The van der Waals surface area contributed by atoms with Crippen molar-refractivity contribution >= 4 is 35.0 Å². The average Bonchev–Trinajstić information content (AvgIpc) is 3.51. The molecule has 3 N–H and O–H groups in total. The SMILES string of the molecule is Cc1nnc(SC[C@@H]2C[C@H](c3ccc(CO)cc3)O[C@H](c3ccc(-c4ccccc4CNC(=O)CCCCCC(=O)O)cc3)O2)s1. The molecule has 242 valence electrons. The van der Waals surface area contributed by atoms with Crippen LogP contribution in [0.15, 0.2) is 77.1 Å². The fourth-order valence-electron chi connectivity index (χ4n) is 5.32. The Morgan fingerprint density at radius 2 is 1.67 bits per heavy atom. The number of ether oxygens (including phenoxy) is 2. The van der Waals surface area contributed by atoms with E-state index in [1.165, 1.54) is 0 Å². The number of hydrogen-bond donors (Lipinski definition) is 3. The van der Waals surface area contributed by atoms with E-state index >= 15 is 0 Å². The van der Waals surface area contributed by atoms with E-state index in [-0.39, 0.29) is 31.1 Å². The van der Waals surface area contributed by atoms with Crippen LogP contribution in [-0.2, 0) is 32.2 Å². The normalized spacial score (nSPS) is 17.9. The van der Waals surface area contributed by atoms with Crippen LogP contribution in [0.1, 0.15) is 78.2 Å². The van der Waals surface area contributed by atoms with Gasteiger partial charge in [0, 0.05) is 37.1 Å². The summed E-state index contributed by atoms with van der Waals surface area (Å²) in [5.41, 5.74) is 5.87. The number of nitrogens with zero attached hydrogens (tertiary/aromatic N) is 2. The van der Waals surface area contributed by atoms with Crippen molar-refractivity contribution in [1.82, 2.24) is 15.5 Å². The monoisotopic (exact) mass is 661 g/mol. The van der Waals surface area contributed by atoms with E-state index in [4.69, 9.17) is 14.6 Å². The molecule has 9 nitrogen and oxygen atoms in total. The fraction of sp³-hybridized carbons (Fsp3) is 0.371. The number of carboxylic acid groups (broad SMARTS) is 1. The minimum atomic E-state index is -0.805. The molecule has 11 heteroatoms. The first-order valence-corrected chi connectivity index (χ1v) is 17.3. The second-order valence-electron chi connectivity index (χ2n) is 11.3. The highest BCUT2D eigenvalue weighted by Crippen LogP contribution is 2.40. The van der Waals surface area contributed by atoms with Gasteiger partial charge in [-0.1, -0.05) is 102 Å². The van der Waals surface area contributed by atoms with Gasteiger partial charge < -0.3 is 25.0 Å². The number of unbranched alkanes of at least 4 members (excludes halogenated alkanes) is 2. The number of rotatable bonds is 15. The lowest BCUT2D eigenvalue weighted by Gasteiger charge is -2.36. The number of thioether (sulfide) groups is 1. The number of aliphatic hydroxyl groups is 1. The quantitative estimate of drug-likeness (QED) is 0.0911. The van der Waals surface area contributed by atoms with Crippen LogP contribution in [0, 0.1) is 6.92 Å². The Morgan fingerprint density at radius 3 is 2.39 bits per heavy atom. The molecule has 0 radical (unpaired) electrons. The zero-order valence-corrected chi connectivity index (χ0v) is 27.4. The van der Waals surface area contributed by atoms with Crippen LogP contribution in [0.4, 0.5) is 0 Å². The number of amides is 1. The Bertz CT molecular complexity index is 1580. The molecular weight excluding hydrogens is 623 g/mol. The Morgan fingerprint density at radius 1 is 0.935 bits per heavy atom. The number of carbonyl (C=O) groups excluding carboxylic acids is 1. The first kappa shape index (κ1) is 33.7. The van der Waals surface area contributed by atoms with Crippen LogP contribution in [0.2, 0.25) is 0 Å². The molecule has 1 aliphatic heterocycles. The molecular formula is C35H39N3O6S2. The number of carboxylic acids is 1. The van der Waals surface area contributed by atoms with Gasteiger partial charge in [-0.3, -0.25) is 9.59 Å². The van der Waals surface area contributed by atoms with Crippen LogP contribution < -0.4 is 5.32 Å². The number of hydrogen-bond acceptors (Lipinski definition) is 9. The fourth-order valence-corrected chi connectivity index (χ4v) is 7.18. The molecule has 46 heavy (non-hydrogen) atoms. The Labute approximate surface area is 277 Å². The summed E-state index contributed by atoms with van der Waals surface area (Å²) in [6.07, 6.45) is 2.38. The van der Waals surface area contributed by atoms with Gasteiger partial charge in [-0.05, 0) is 47.6 Å². The lowest BCUT2D eigenvalue weighted by Crippen LogP contribution is -2.31. The van der Waals surface area contributed by atoms with Gasteiger partial charge in [0.1, 0.15) is 5.01 Å². The van der Waals surface area contributed by atoms with Crippen molar-refractivity contribution in [3.8, 4) is 11.1 Å². The van der Waals surface area contributed by atoms with Gasteiger partial charge in [0.05, 0.1) is 18.8 Å². The minimum Gasteiger partial charge on any atom is -0.481 e. The van der Waals surface area contributed by atoms with Crippen LogP contribution in [-0.4, -0.2) is 44.1 Å². The average molecular weight is 662 g/mol. The lowest BCUT2D eigenvalue weighted by molar-refractivity contribution is -0.245. The van der Waals surface area contributed by atoms with E-state index in [9.17, 15) is 14.7 Å². The number of carbonyl (C=O) groups is 2. The number of aliphatic carboxylic acids is 1. The van der Waals surface area contributed by atoms with Crippen molar-refractivity contribution in [2.75, 3.05) is 5.75 Å². The zero-order chi connectivity index (χ0) is 32.3. The van der Waals surface area contributed by atoms with Gasteiger partial charge >= 0.3 is 5.97 Å². The van der Waals surface area contributed by atoms with Gasteiger partial charge in [-0.2, -0.15) is 0 Å². The zero-order valence-electron chi connectivity index (χ0n) is 25.8. The molecule has 5 rings (SSSR count). The van der Waals surface area contributed by atoms with Crippen LogP contribution >= 0.6 is 23.1 Å². The summed E-state index contributed by atoms with van der Waals surface area (Å²) in [6, 6.07) is 24.0. The van der Waals surface area contributed by atoms with E-state index in [1.807, 2.05) is 67.6 Å². The Balaban J connectivity index is 1.25. The smallest absolute Gasteiger partial charge is 0.303 e. The van der Waals surface area contributed by atoms with E-state index in [0.29, 0.717) is 32.2 Å².